The summed E-state index contributed by atoms with van der Waals surface area (Å²) >= 11 is 1.87. The summed E-state index contributed by atoms with van der Waals surface area (Å²) in [5, 5.41) is 2.94. The maximum atomic E-state index is 13.9. The minimum atomic E-state index is -0.508. The average molecular weight is 326 g/mol. The fourth-order valence-corrected chi connectivity index (χ4v) is 3.50. The van der Waals surface area contributed by atoms with Crippen LogP contribution in [0.15, 0.2) is 24.3 Å². The Balaban J connectivity index is 2.01. The van der Waals surface area contributed by atoms with Gasteiger partial charge in [0.05, 0.1) is 6.04 Å². The maximum absolute atomic E-state index is 13.9. The van der Waals surface area contributed by atoms with Gasteiger partial charge in [-0.15, -0.1) is 0 Å². The van der Waals surface area contributed by atoms with Gasteiger partial charge in [-0.25, -0.2) is 9.18 Å². The van der Waals surface area contributed by atoms with Crippen molar-refractivity contribution in [2.45, 2.75) is 25.5 Å². The van der Waals surface area contributed by atoms with E-state index in [0.29, 0.717) is 5.56 Å². The second-order valence-electron chi connectivity index (χ2n) is 5.37. The molecule has 6 heteroatoms. The topological polar surface area (TPSA) is 41.6 Å². The Labute approximate surface area is 135 Å². The second-order valence-corrected chi connectivity index (χ2v) is 6.59. The fourth-order valence-electron chi connectivity index (χ4n) is 2.62. The number of nitrogens with one attached hydrogen (secondary N) is 1. The molecule has 0 bridgehead atoms. The van der Waals surface area contributed by atoms with Crippen molar-refractivity contribution >= 4 is 17.8 Å². The van der Waals surface area contributed by atoms with Gasteiger partial charge in [-0.3, -0.25) is 0 Å². The summed E-state index contributed by atoms with van der Waals surface area (Å²) in [5.74, 6) is 1.74. The van der Waals surface area contributed by atoms with Gasteiger partial charge in [0.1, 0.15) is 11.9 Å². The van der Waals surface area contributed by atoms with Crippen LogP contribution in [0.2, 0.25) is 0 Å². The minimum Gasteiger partial charge on any atom is -0.375 e. The molecule has 1 fully saturated rings. The van der Waals surface area contributed by atoms with Gasteiger partial charge in [-0.1, -0.05) is 18.2 Å². The molecular formula is C16H23FN2O2S. The van der Waals surface area contributed by atoms with E-state index in [1.165, 1.54) is 13.2 Å². The number of hydrogen-bond acceptors (Lipinski definition) is 3. The molecular weight excluding hydrogens is 303 g/mol. The number of ether oxygens (including phenoxy) is 1. The molecule has 122 valence electrons. The molecule has 2 amide bonds. The molecule has 1 aromatic carbocycles. The summed E-state index contributed by atoms with van der Waals surface area (Å²) in [7, 11) is 1.53. The van der Waals surface area contributed by atoms with Gasteiger partial charge >= 0.3 is 6.03 Å². The van der Waals surface area contributed by atoms with E-state index >= 15 is 0 Å². The normalized spacial score (nSPS) is 18.4. The first-order chi connectivity index (χ1) is 10.6. The molecule has 0 aromatic heterocycles. The van der Waals surface area contributed by atoms with Crippen LogP contribution in [0.25, 0.3) is 0 Å². The van der Waals surface area contributed by atoms with Crippen molar-refractivity contribution in [3.05, 3.63) is 35.6 Å². The maximum Gasteiger partial charge on any atom is 0.317 e. The number of amides is 2. The molecule has 4 nitrogen and oxygen atoms in total. The zero-order chi connectivity index (χ0) is 15.9. The Bertz CT molecular complexity index is 493. The Morgan fingerprint density at radius 1 is 1.36 bits per heavy atom. The van der Waals surface area contributed by atoms with E-state index in [1.54, 1.807) is 18.2 Å². The predicted molar refractivity (Wildman–Crippen MR) is 87.7 cm³/mol. The molecule has 0 aliphatic carbocycles. The van der Waals surface area contributed by atoms with Crippen molar-refractivity contribution in [2.24, 2.45) is 0 Å². The van der Waals surface area contributed by atoms with Gasteiger partial charge in [0.2, 0.25) is 0 Å². The third kappa shape index (κ3) is 4.36. The molecule has 1 aromatic rings. The Morgan fingerprint density at radius 3 is 2.86 bits per heavy atom. The summed E-state index contributed by atoms with van der Waals surface area (Å²) < 4.78 is 19.3. The van der Waals surface area contributed by atoms with E-state index in [-0.39, 0.29) is 17.9 Å². The number of carbonyl (C=O) groups is 1. The zero-order valence-electron chi connectivity index (χ0n) is 13.0. The molecule has 1 aliphatic rings. The summed E-state index contributed by atoms with van der Waals surface area (Å²) in [4.78, 5) is 14.2. The highest BCUT2D eigenvalue weighted by Gasteiger charge is 2.25. The fraction of sp³-hybridized carbons (Fsp3) is 0.562. The largest absolute Gasteiger partial charge is 0.375 e. The molecule has 0 spiro atoms. The summed E-state index contributed by atoms with van der Waals surface area (Å²) in [6.07, 6.45) is 0.500. The van der Waals surface area contributed by atoms with E-state index in [2.05, 4.69) is 5.32 Å². The number of nitrogens with zero attached hydrogens (tertiary/aromatic N) is 1. The van der Waals surface area contributed by atoms with Crippen LogP contribution < -0.4 is 5.32 Å². The molecule has 1 aliphatic heterocycles. The van der Waals surface area contributed by atoms with E-state index in [0.717, 1.165) is 31.0 Å². The molecule has 1 heterocycles. The number of hydrogen-bond donors (Lipinski definition) is 1. The first kappa shape index (κ1) is 17.1. The lowest BCUT2D eigenvalue weighted by Crippen LogP contribution is -2.47. The number of benzene rings is 1. The van der Waals surface area contributed by atoms with Gasteiger partial charge in [0, 0.05) is 31.5 Å². The molecule has 0 saturated carbocycles. The van der Waals surface area contributed by atoms with Crippen molar-refractivity contribution in [3.8, 4) is 0 Å². The van der Waals surface area contributed by atoms with Crippen molar-refractivity contribution < 1.29 is 13.9 Å². The second kappa shape index (κ2) is 8.39. The van der Waals surface area contributed by atoms with Gasteiger partial charge in [-0.05, 0) is 25.2 Å². The predicted octanol–water partition coefficient (Wildman–Crippen LogP) is 3.05. The van der Waals surface area contributed by atoms with Gasteiger partial charge < -0.3 is 15.0 Å². The summed E-state index contributed by atoms with van der Waals surface area (Å²) in [6, 6.07) is 6.09. The lowest BCUT2D eigenvalue weighted by atomic mass is 10.0. The molecule has 2 atom stereocenters. The van der Waals surface area contributed by atoms with E-state index < -0.39 is 6.10 Å². The van der Waals surface area contributed by atoms with E-state index in [4.69, 9.17) is 4.74 Å². The highest BCUT2D eigenvalue weighted by molar-refractivity contribution is 7.99. The van der Waals surface area contributed by atoms with Gasteiger partial charge in [0.15, 0.2) is 0 Å². The first-order valence-electron chi connectivity index (χ1n) is 7.54. The molecule has 2 rings (SSSR count). The smallest absolute Gasteiger partial charge is 0.317 e. The molecule has 1 N–H and O–H groups in total. The van der Waals surface area contributed by atoms with Crippen molar-refractivity contribution in [1.29, 1.82) is 0 Å². The average Bonchev–Trinajstić information content (AvgIpc) is 2.79. The first-order valence-corrected chi connectivity index (χ1v) is 8.69. The SMILES string of the molecule is CO[C@H](c1ccccc1F)[C@@H](C)NC(=O)N1CCCSCC1. The van der Waals surface area contributed by atoms with Crippen LogP contribution in [0.5, 0.6) is 0 Å². The molecule has 0 unspecified atom stereocenters. The van der Waals surface area contributed by atoms with E-state index in [1.807, 2.05) is 23.6 Å². The molecule has 0 radical (unpaired) electrons. The number of methoxy groups -OCH3 is 1. The lowest BCUT2D eigenvalue weighted by Gasteiger charge is -2.28. The zero-order valence-corrected chi connectivity index (χ0v) is 13.9. The van der Waals surface area contributed by atoms with Gasteiger partial charge in [-0.2, -0.15) is 11.8 Å². The van der Waals surface area contributed by atoms with Gasteiger partial charge in [0.25, 0.3) is 0 Å². The van der Waals surface area contributed by atoms with Crippen LogP contribution in [0.1, 0.15) is 25.0 Å². The standard InChI is InChI=1S/C16H23FN2O2S/c1-12(15(21-2)13-6-3-4-7-14(13)17)18-16(20)19-8-5-10-22-11-9-19/h3-4,6-7,12,15H,5,8-11H2,1-2H3,(H,18,20)/t12-,15+/m1/s1. The Morgan fingerprint density at radius 2 is 2.14 bits per heavy atom. The van der Waals surface area contributed by atoms with Crippen LogP contribution >= 0.6 is 11.8 Å². The third-order valence-electron chi connectivity index (χ3n) is 3.78. The van der Waals surface area contributed by atoms with Crippen LogP contribution in [0, 0.1) is 5.82 Å². The summed E-state index contributed by atoms with van der Waals surface area (Å²) in [6.45, 7) is 3.36. The summed E-state index contributed by atoms with van der Waals surface area (Å²) in [5.41, 5.74) is 0.462. The van der Waals surface area contributed by atoms with Crippen LogP contribution in [-0.2, 0) is 4.74 Å². The van der Waals surface area contributed by atoms with E-state index in [9.17, 15) is 9.18 Å². The third-order valence-corrected chi connectivity index (χ3v) is 4.83. The van der Waals surface area contributed by atoms with Crippen molar-refractivity contribution in [2.75, 3.05) is 31.7 Å². The number of urea groups is 1. The monoisotopic (exact) mass is 326 g/mol. The lowest BCUT2D eigenvalue weighted by molar-refractivity contribution is 0.0709. The quantitative estimate of drug-likeness (QED) is 0.924. The van der Waals surface area contributed by atoms with Crippen LogP contribution in [-0.4, -0.2) is 48.7 Å². The molecule has 1 saturated heterocycles. The Kier molecular flexibility index (Phi) is 6.51. The highest BCUT2D eigenvalue weighted by atomic mass is 32.2. The highest BCUT2D eigenvalue weighted by Crippen LogP contribution is 2.23. The number of thioether (sulfide) groups is 1. The van der Waals surface area contributed by atoms with Crippen molar-refractivity contribution in [3.63, 3.8) is 0 Å². The van der Waals surface area contributed by atoms with Crippen LogP contribution in [0.3, 0.4) is 0 Å². The van der Waals surface area contributed by atoms with Crippen LogP contribution in [0.4, 0.5) is 9.18 Å². The molecule has 22 heavy (non-hydrogen) atoms. The van der Waals surface area contributed by atoms with Crippen molar-refractivity contribution in [1.82, 2.24) is 10.2 Å². The number of carbonyl (C=O) groups excluding carboxylic acids is 1. The number of halogens is 1. The Hall–Kier alpha value is -1.27. The minimum absolute atomic E-state index is 0.103. The number of rotatable bonds is 4.